The molecule has 0 bridgehead atoms. The van der Waals surface area contributed by atoms with Crippen LogP contribution >= 0.6 is 0 Å². The van der Waals surface area contributed by atoms with Gasteiger partial charge in [-0.15, -0.1) is 0 Å². The summed E-state index contributed by atoms with van der Waals surface area (Å²) in [5.41, 5.74) is 4.82. The fraction of sp³-hybridized carbons (Fsp3) is 0.0323. The average Bonchev–Trinajstić information content (AvgIpc) is 2.84. The number of hydrogen-bond donors (Lipinski definition) is 0. The Kier molecular flexibility index (Phi) is 5.33. The van der Waals surface area contributed by atoms with Crippen molar-refractivity contribution < 1.29 is 0 Å². The normalized spacial score (nSPS) is 11.3. The Balaban J connectivity index is 1.66. The highest BCUT2D eigenvalue weighted by molar-refractivity contribution is 6.03. The van der Waals surface area contributed by atoms with Crippen LogP contribution in [0.2, 0.25) is 0 Å². The first-order valence-electron chi connectivity index (χ1n) is 10.6. The van der Waals surface area contributed by atoms with Gasteiger partial charge in [0, 0.05) is 5.56 Å². The number of benzene rings is 5. The molecule has 0 aliphatic rings. The van der Waals surface area contributed by atoms with Gasteiger partial charge in [0.2, 0.25) is 0 Å². The Morgan fingerprint density at radius 2 is 1.16 bits per heavy atom. The van der Waals surface area contributed by atoms with Gasteiger partial charge in [0.15, 0.2) is 0 Å². The number of hydrogen-bond acceptors (Lipinski definition) is 0. The molecule has 5 aromatic rings. The summed E-state index contributed by atoms with van der Waals surface area (Å²) in [5, 5.41) is 5.16. The van der Waals surface area contributed by atoms with Gasteiger partial charge in [-0.1, -0.05) is 109 Å². The summed E-state index contributed by atoms with van der Waals surface area (Å²) >= 11 is 0. The SMILES string of the molecule is C(#Cc1ccccc1)/C=C(/Cc1c2ccccc2cc2ccccc12)c1ccccc1. The third-order valence-corrected chi connectivity index (χ3v) is 5.63. The van der Waals surface area contributed by atoms with Crippen LogP contribution in [0.4, 0.5) is 0 Å². The Labute approximate surface area is 183 Å². The van der Waals surface area contributed by atoms with Crippen LogP contribution in [0.1, 0.15) is 16.7 Å². The minimum absolute atomic E-state index is 0.829. The van der Waals surface area contributed by atoms with Crippen LogP contribution in [0, 0.1) is 11.8 Å². The fourth-order valence-corrected chi connectivity index (χ4v) is 4.11. The van der Waals surface area contributed by atoms with Gasteiger partial charge >= 0.3 is 0 Å². The second-order valence-electron chi connectivity index (χ2n) is 7.65. The molecule has 0 heterocycles. The summed E-state index contributed by atoms with van der Waals surface area (Å²) in [7, 11) is 0. The Hall–Kier alpha value is -4.08. The van der Waals surface area contributed by atoms with Gasteiger partial charge in [-0.25, -0.2) is 0 Å². The molecule has 146 valence electrons. The number of rotatable bonds is 3. The molecule has 0 atom stereocenters. The lowest BCUT2D eigenvalue weighted by Crippen LogP contribution is -1.94. The highest BCUT2D eigenvalue weighted by Gasteiger charge is 2.10. The van der Waals surface area contributed by atoms with Gasteiger partial charge in [0.1, 0.15) is 0 Å². The summed E-state index contributed by atoms with van der Waals surface area (Å²) in [4.78, 5) is 0. The molecule has 0 amide bonds. The third-order valence-electron chi connectivity index (χ3n) is 5.63. The zero-order chi connectivity index (χ0) is 20.9. The quantitative estimate of drug-likeness (QED) is 0.217. The predicted octanol–water partition coefficient (Wildman–Crippen LogP) is 7.67. The molecule has 0 aromatic heterocycles. The second-order valence-corrected chi connectivity index (χ2v) is 7.65. The molecule has 31 heavy (non-hydrogen) atoms. The van der Waals surface area contributed by atoms with Crippen molar-refractivity contribution in [2.24, 2.45) is 0 Å². The van der Waals surface area contributed by atoms with Gasteiger partial charge in [-0.05, 0) is 68.9 Å². The van der Waals surface area contributed by atoms with Gasteiger partial charge in [0.25, 0.3) is 0 Å². The molecule has 0 radical (unpaired) electrons. The van der Waals surface area contributed by atoms with Gasteiger partial charge in [-0.3, -0.25) is 0 Å². The van der Waals surface area contributed by atoms with E-state index in [1.807, 2.05) is 30.3 Å². The fourth-order valence-electron chi connectivity index (χ4n) is 4.11. The van der Waals surface area contributed by atoms with Crippen molar-refractivity contribution in [1.82, 2.24) is 0 Å². The molecular weight excluding hydrogens is 372 g/mol. The topological polar surface area (TPSA) is 0 Å². The van der Waals surface area contributed by atoms with E-state index < -0.39 is 0 Å². The molecule has 0 aliphatic carbocycles. The summed E-state index contributed by atoms with van der Waals surface area (Å²) in [5.74, 6) is 6.58. The first-order valence-corrected chi connectivity index (χ1v) is 10.6. The molecule has 5 aromatic carbocycles. The summed E-state index contributed by atoms with van der Waals surface area (Å²) in [6.45, 7) is 0. The number of allylic oxidation sites excluding steroid dienone is 2. The van der Waals surface area contributed by atoms with E-state index in [4.69, 9.17) is 0 Å². The van der Waals surface area contributed by atoms with E-state index in [1.54, 1.807) is 0 Å². The van der Waals surface area contributed by atoms with Crippen LogP contribution in [0.15, 0.2) is 121 Å². The van der Waals surface area contributed by atoms with Crippen molar-refractivity contribution in [3.63, 3.8) is 0 Å². The minimum atomic E-state index is 0.829. The summed E-state index contributed by atoms with van der Waals surface area (Å²) in [6.07, 6.45) is 2.91. The van der Waals surface area contributed by atoms with Crippen LogP contribution in [0.5, 0.6) is 0 Å². The van der Waals surface area contributed by atoms with E-state index in [0.717, 1.165) is 12.0 Å². The molecule has 0 fully saturated rings. The summed E-state index contributed by atoms with van der Waals surface area (Å²) in [6, 6.07) is 40.4. The Morgan fingerprint density at radius 1 is 0.613 bits per heavy atom. The third kappa shape index (κ3) is 4.13. The minimum Gasteiger partial charge on any atom is -0.0693 e. The lowest BCUT2D eigenvalue weighted by Gasteiger charge is -2.14. The van der Waals surface area contributed by atoms with E-state index in [2.05, 4.69) is 103 Å². The maximum absolute atomic E-state index is 3.30. The highest BCUT2D eigenvalue weighted by Crippen LogP contribution is 2.32. The summed E-state index contributed by atoms with van der Waals surface area (Å²) < 4.78 is 0. The molecule has 0 nitrogen and oxygen atoms in total. The van der Waals surface area contributed by atoms with Gasteiger partial charge < -0.3 is 0 Å². The first-order chi connectivity index (χ1) is 15.4. The zero-order valence-electron chi connectivity index (χ0n) is 17.3. The van der Waals surface area contributed by atoms with Crippen LogP contribution in [-0.2, 0) is 6.42 Å². The van der Waals surface area contributed by atoms with E-state index in [1.165, 1.54) is 38.2 Å². The Morgan fingerprint density at radius 3 is 1.81 bits per heavy atom. The molecule has 0 heteroatoms. The lowest BCUT2D eigenvalue weighted by molar-refractivity contribution is 1.33. The van der Waals surface area contributed by atoms with Crippen LogP contribution in [-0.4, -0.2) is 0 Å². The highest BCUT2D eigenvalue weighted by atomic mass is 14.1. The first kappa shape index (κ1) is 18.9. The lowest BCUT2D eigenvalue weighted by atomic mass is 9.90. The maximum atomic E-state index is 3.30. The monoisotopic (exact) mass is 394 g/mol. The standard InChI is InChI=1S/C31H22/c1-3-12-24(13-4-1)14-11-19-26(25-15-5-2-6-16-25)23-31-29-20-9-7-17-27(29)22-28-18-8-10-21-30(28)31/h1-10,12-13,15-22H,23H2/b26-19-. The molecular formula is C31H22. The Bertz CT molecular complexity index is 1380. The largest absolute Gasteiger partial charge is 0.0693 e. The van der Waals surface area contributed by atoms with E-state index in [-0.39, 0.29) is 0 Å². The van der Waals surface area contributed by atoms with E-state index in [9.17, 15) is 0 Å². The van der Waals surface area contributed by atoms with Gasteiger partial charge in [0.05, 0.1) is 0 Å². The van der Waals surface area contributed by atoms with Crippen LogP contribution in [0.3, 0.4) is 0 Å². The van der Waals surface area contributed by atoms with Crippen molar-refractivity contribution in [2.45, 2.75) is 6.42 Å². The zero-order valence-corrected chi connectivity index (χ0v) is 17.3. The molecule has 0 spiro atoms. The molecule has 0 saturated carbocycles. The van der Waals surface area contributed by atoms with E-state index in [0.29, 0.717) is 0 Å². The van der Waals surface area contributed by atoms with Crippen LogP contribution < -0.4 is 0 Å². The number of fused-ring (bicyclic) bond motifs is 2. The van der Waals surface area contributed by atoms with Crippen molar-refractivity contribution in [1.29, 1.82) is 0 Å². The van der Waals surface area contributed by atoms with Gasteiger partial charge in [-0.2, -0.15) is 0 Å². The van der Waals surface area contributed by atoms with Crippen LogP contribution in [0.25, 0.3) is 27.1 Å². The molecule has 0 unspecified atom stereocenters. The van der Waals surface area contributed by atoms with Crippen molar-refractivity contribution in [2.75, 3.05) is 0 Å². The smallest absolute Gasteiger partial charge is 0.0248 e. The maximum Gasteiger partial charge on any atom is 0.0248 e. The molecule has 5 rings (SSSR count). The molecule has 0 N–H and O–H groups in total. The van der Waals surface area contributed by atoms with Crippen molar-refractivity contribution in [3.8, 4) is 11.8 Å². The molecule has 0 aliphatic heterocycles. The van der Waals surface area contributed by atoms with E-state index >= 15 is 0 Å². The van der Waals surface area contributed by atoms with Crippen molar-refractivity contribution >= 4 is 27.1 Å². The van der Waals surface area contributed by atoms with Crippen molar-refractivity contribution in [3.05, 3.63) is 138 Å². The molecule has 0 saturated heterocycles. The average molecular weight is 395 g/mol. The second kappa shape index (κ2) is 8.74. The predicted molar refractivity (Wildman–Crippen MR) is 133 cm³/mol.